The number of amides is 2. The third kappa shape index (κ3) is 2.77. The maximum absolute atomic E-state index is 12.3. The highest BCUT2D eigenvalue weighted by Crippen LogP contribution is 2.37. The number of urea groups is 1. The Morgan fingerprint density at radius 1 is 1.45 bits per heavy atom. The summed E-state index contributed by atoms with van der Waals surface area (Å²) in [7, 11) is 0. The first-order valence-electron chi connectivity index (χ1n) is 7.93. The van der Waals surface area contributed by atoms with Crippen molar-refractivity contribution in [3.05, 3.63) is 29.3 Å². The van der Waals surface area contributed by atoms with Crippen molar-refractivity contribution in [1.82, 2.24) is 10.6 Å². The number of rotatable bonds is 3. The SMILES string of the molecule is Cc1ccc2c(c1)C(NC(=O)NC1CCCC1(C)CO)CO2. The molecule has 5 heteroatoms. The Kier molecular flexibility index (Phi) is 4.00. The lowest BCUT2D eigenvalue weighted by molar-refractivity contribution is 0.120. The van der Waals surface area contributed by atoms with E-state index in [2.05, 4.69) is 16.7 Å². The summed E-state index contributed by atoms with van der Waals surface area (Å²) >= 11 is 0. The number of hydrogen-bond acceptors (Lipinski definition) is 3. The van der Waals surface area contributed by atoms with Gasteiger partial charge in [-0.05, 0) is 25.8 Å². The molecular weight excluding hydrogens is 280 g/mol. The fourth-order valence-corrected chi connectivity index (χ4v) is 3.48. The molecule has 2 amide bonds. The molecule has 0 spiro atoms. The zero-order chi connectivity index (χ0) is 15.7. The second-order valence-electron chi connectivity index (χ2n) is 6.78. The van der Waals surface area contributed by atoms with Crippen LogP contribution in [-0.4, -0.2) is 30.4 Å². The summed E-state index contributed by atoms with van der Waals surface area (Å²) in [6, 6.07) is 5.74. The van der Waals surface area contributed by atoms with Crippen molar-refractivity contribution in [2.75, 3.05) is 13.2 Å². The predicted octanol–water partition coefficient (Wildman–Crippen LogP) is 2.28. The van der Waals surface area contributed by atoms with Gasteiger partial charge in [-0.1, -0.05) is 31.0 Å². The lowest BCUT2D eigenvalue weighted by Gasteiger charge is -2.30. The van der Waals surface area contributed by atoms with Gasteiger partial charge in [0.05, 0.1) is 12.6 Å². The Balaban J connectivity index is 1.63. The topological polar surface area (TPSA) is 70.6 Å². The summed E-state index contributed by atoms with van der Waals surface area (Å²) in [4.78, 5) is 12.3. The zero-order valence-electron chi connectivity index (χ0n) is 13.2. The van der Waals surface area contributed by atoms with E-state index in [1.165, 1.54) is 0 Å². The van der Waals surface area contributed by atoms with Gasteiger partial charge in [0.15, 0.2) is 0 Å². The Labute approximate surface area is 131 Å². The molecule has 2 aliphatic rings. The lowest BCUT2D eigenvalue weighted by Crippen LogP contribution is -2.49. The number of aryl methyl sites for hydroxylation is 1. The molecule has 3 rings (SSSR count). The minimum atomic E-state index is -0.210. The summed E-state index contributed by atoms with van der Waals surface area (Å²) in [6.45, 7) is 4.63. The van der Waals surface area contributed by atoms with Crippen molar-refractivity contribution in [1.29, 1.82) is 0 Å². The summed E-state index contributed by atoms with van der Waals surface area (Å²) in [5, 5.41) is 15.6. The van der Waals surface area contributed by atoms with Gasteiger partial charge in [0.2, 0.25) is 0 Å². The second-order valence-corrected chi connectivity index (χ2v) is 6.78. The molecule has 0 radical (unpaired) electrons. The highest BCUT2D eigenvalue weighted by Gasteiger charge is 2.39. The van der Waals surface area contributed by atoms with Gasteiger partial charge in [0.1, 0.15) is 12.4 Å². The highest BCUT2D eigenvalue weighted by molar-refractivity contribution is 5.75. The van der Waals surface area contributed by atoms with Gasteiger partial charge in [-0.2, -0.15) is 0 Å². The number of hydrogen-bond donors (Lipinski definition) is 3. The minimum Gasteiger partial charge on any atom is -0.491 e. The molecule has 22 heavy (non-hydrogen) atoms. The quantitative estimate of drug-likeness (QED) is 0.802. The zero-order valence-corrected chi connectivity index (χ0v) is 13.2. The molecule has 1 aliphatic heterocycles. The van der Waals surface area contributed by atoms with Crippen molar-refractivity contribution in [2.24, 2.45) is 5.41 Å². The number of aliphatic hydroxyl groups is 1. The molecule has 5 nitrogen and oxygen atoms in total. The number of carbonyl (C=O) groups excluding carboxylic acids is 1. The van der Waals surface area contributed by atoms with E-state index in [0.717, 1.165) is 36.1 Å². The first-order valence-corrected chi connectivity index (χ1v) is 7.93. The van der Waals surface area contributed by atoms with Crippen molar-refractivity contribution >= 4 is 6.03 Å². The molecule has 1 heterocycles. The minimum absolute atomic E-state index is 0.0248. The van der Waals surface area contributed by atoms with E-state index in [0.29, 0.717) is 6.61 Å². The van der Waals surface area contributed by atoms with E-state index in [-0.39, 0.29) is 30.1 Å². The summed E-state index contributed by atoms with van der Waals surface area (Å²) in [6.07, 6.45) is 2.90. The Morgan fingerprint density at radius 3 is 3.05 bits per heavy atom. The monoisotopic (exact) mass is 304 g/mol. The third-order valence-corrected chi connectivity index (χ3v) is 5.00. The standard InChI is InChI=1S/C17H24N2O3/c1-11-5-6-14-12(8-11)13(9-22-14)18-16(21)19-15-4-3-7-17(15,2)10-20/h5-6,8,13,15,20H,3-4,7,9-10H2,1-2H3,(H2,18,19,21). The molecule has 1 aromatic rings. The third-order valence-electron chi connectivity index (χ3n) is 5.00. The van der Waals surface area contributed by atoms with Crippen LogP contribution in [0.4, 0.5) is 4.79 Å². The van der Waals surface area contributed by atoms with Gasteiger partial charge in [-0.25, -0.2) is 4.79 Å². The number of nitrogens with one attached hydrogen (secondary N) is 2. The second kappa shape index (κ2) is 5.80. The fraction of sp³-hybridized carbons (Fsp3) is 0.588. The average molecular weight is 304 g/mol. The molecule has 120 valence electrons. The molecule has 0 bridgehead atoms. The van der Waals surface area contributed by atoms with Crippen molar-refractivity contribution < 1.29 is 14.6 Å². The number of aliphatic hydroxyl groups excluding tert-OH is 1. The first kappa shape index (κ1) is 15.2. The normalized spacial score (nSPS) is 29.8. The Morgan fingerprint density at radius 2 is 2.27 bits per heavy atom. The van der Waals surface area contributed by atoms with Gasteiger partial charge in [-0.3, -0.25) is 0 Å². The van der Waals surface area contributed by atoms with Gasteiger partial charge in [-0.15, -0.1) is 0 Å². The molecule has 3 N–H and O–H groups in total. The largest absolute Gasteiger partial charge is 0.491 e. The average Bonchev–Trinajstić information content (AvgIpc) is 3.04. The van der Waals surface area contributed by atoms with E-state index >= 15 is 0 Å². The van der Waals surface area contributed by atoms with Gasteiger partial charge in [0, 0.05) is 17.0 Å². The molecule has 3 atom stereocenters. The van der Waals surface area contributed by atoms with Crippen LogP contribution in [0.15, 0.2) is 18.2 Å². The van der Waals surface area contributed by atoms with Crippen LogP contribution < -0.4 is 15.4 Å². The Hall–Kier alpha value is -1.75. The van der Waals surface area contributed by atoms with Gasteiger partial charge in [0.25, 0.3) is 0 Å². The van der Waals surface area contributed by atoms with E-state index in [9.17, 15) is 9.90 Å². The van der Waals surface area contributed by atoms with E-state index in [1.807, 2.05) is 26.0 Å². The number of carbonyl (C=O) groups is 1. The van der Waals surface area contributed by atoms with E-state index in [4.69, 9.17) is 4.74 Å². The van der Waals surface area contributed by atoms with E-state index in [1.54, 1.807) is 0 Å². The highest BCUT2D eigenvalue weighted by atomic mass is 16.5. The molecule has 1 aliphatic carbocycles. The summed E-state index contributed by atoms with van der Waals surface area (Å²) < 4.78 is 5.62. The molecule has 1 saturated carbocycles. The number of ether oxygens (including phenoxy) is 1. The van der Waals surface area contributed by atoms with Crippen LogP contribution >= 0.6 is 0 Å². The predicted molar refractivity (Wildman–Crippen MR) is 83.9 cm³/mol. The van der Waals surface area contributed by atoms with Crippen LogP contribution in [0.1, 0.15) is 43.4 Å². The van der Waals surface area contributed by atoms with Gasteiger partial charge < -0.3 is 20.5 Å². The maximum Gasteiger partial charge on any atom is 0.315 e. The molecule has 1 aromatic carbocycles. The molecule has 0 aromatic heterocycles. The smallest absolute Gasteiger partial charge is 0.315 e. The van der Waals surface area contributed by atoms with Crippen LogP contribution in [0.3, 0.4) is 0 Å². The Bertz CT molecular complexity index is 575. The maximum atomic E-state index is 12.3. The summed E-state index contributed by atoms with van der Waals surface area (Å²) in [5.74, 6) is 0.844. The van der Waals surface area contributed by atoms with Crippen LogP contribution in [-0.2, 0) is 0 Å². The summed E-state index contributed by atoms with van der Waals surface area (Å²) in [5.41, 5.74) is 1.98. The fourth-order valence-electron chi connectivity index (χ4n) is 3.48. The van der Waals surface area contributed by atoms with Crippen LogP contribution in [0.5, 0.6) is 5.75 Å². The first-order chi connectivity index (χ1) is 10.5. The van der Waals surface area contributed by atoms with Crippen LogP contribution in [0.2, 0.25) is 0 Å². The number of fused-ring (bicyclic) bond motifs is 1. The lowest BCUT2D eigenvalue weighted by atomic mass is 9.86. The van der Waals surface area contributed by atoms with Gasteiger partial charge >= 0.3 is 6.03 Å². The molecule has 3 unspecified atom stereocenters. The molecule has 1 fully saturated rings. The molecular formula is C17H24N2O3. The number of benzene rings is 1. The van der Waals surface area contributed by atoms with Crippen LogP contribution in [0.25, 0.3) is 0 Å². The van der Waals surface area contributed by atoms with Crippen molar-refractivity contribution in [3.63, 3.8) is 0 Å². The van der Waals surface area contributed by atoms with E-state index < -0.39 is 0 Å². The molecule has 0 saturated heterocycles. The van der Waals surface area contributed by atoms with Crippen molar-refractivity contribution in [2.45, 2.75) is 45.2 Å². The van der Waals surface area contributed by atoms with Crippen LogP contribution in [0, 0.1) is 12.3 Å². The van der Waals surface area contributed by atoms with Crippen molar-refractivity contribution in [3.8, 4) is 5.75 Å².